The average Bonchev–Trinajstić information content (AvgIpc) is 2.96. The minimum atomic E-state index is -3.71. The minimum absolute atomic E-state index is 0.111. The predicted molar refractivity (Wildman–Crippen MR) is 140 cm³/mol. The van der Waals surface area contributed by atoms with Gasteiger partial charge in [0.05, 0.1) is 6.54 Å². The maximum Gasteiger partial charge on any atom is 0.410 e. The Balaban J connectivity index is 1.62. The summed E-state index contributed by atoms with van der Waals surface area (Å²) in [4.78, 5) is 39.8. The van der Waals surface area contributed by atoms with Crippen LogP contribution in [0.25, 0.3) is 16.9 Å². The molecule has 0 aromatic carbocycles. The number of hydrogen-bond acceptors (Lipinski definition) is 9. The van der Waals surface area contributed by atoms with Gasteiger partial charge in [-0.15, -0.1) is 6.58 Å². The first-order valence-corrected chi connectivity index (χ1v) is 14.2. The summed E-state index contributed by atoms with van der Waals surface area (Å²) in [5.41, 5.74) is -0.857. The van der Waals surface area contributed by atoms with Gasteiger partial charge in [0, 0.05) is 38.0 Å². The van der Waals surface area contributed by atoms with Crippen LogP contribution in [-0.4, -0.2) is 74.8 Å². The van der Waals surface area contributed by atoms with Crippen molar-refractivity contribution in [3.8, 4) is 11.7 Å². The van der Waals surface area contributed by atoms with E-state index < -0.39 is 26.2 Å². The lowest BCUT2D eigenvalue weighted by molar-refractivity contribution is 0.0252. The molecule has 204 valence electrons. The third-order valence-electron chi connectivity index (χ3n) is 5.83. The Labute approximate surface area is 220 Å². The Morgan fingerprint density at radius 1 is 1.21 bits per heavy atom. The molecule has 0 N–H and O–H groups in total. The highest BCUT2D eigenvalue weighted by molar-refractivity contribution is 7.90. The molecule has 38 heavy (non-hydrogen) atoms. The molecule has 0 bridgehead atoms. The van der Waals surface area contributed by atoms with Crippen LogP contribution in [-0.2, 0) is 21.1 Å². The Bertz CT molecular complexity index is 1520. The standard InChI is InChI=1S/C25H32N6O6S/c1-6-13-30-22(32)18-16-26-23(38(5,34)35)28-21(18)31(30)19-10-7-11-20(27-19)36-17-9-8-14-29(15-12-17)24(33)37-25(2,3)4/h6-7,10-11,16-17H,1,8-9,12-15H2,2-5H3. The molecule has 3 aromatic heterocycles. The second-order valence-electron chi connectivity index (χ2n) is 10.1. The maximum absolute atomic E-state index is 13.0. The number of nitrogens with zero attached hydrogens (tertiary/aromatic N) is 6. The van der Waals surface area contributed by atoms with Crippen LogP contribution in [0, 0.1) is 0 Å². The van der Waals surface area contributed by atoms with Gasteiger partial charge in [0.15, 0.2) is 11.5 Å². The Morgan fingerprint density at radius 3 is 2.66 bits per heavy atom. The van der Waals surface area contributed by atoms with Crippen LogP contribution in [0.4, 0.5) is 4.79 Å². The minimum Gasteiger partial charge on any atom is -0.474 e. The summed E-state index contributed by atoms with van der Waals surface area (Å²) in [5, 5.41) is -0.242. The molecule has 12 nitrogen and oxygen atoms in total. The van der Waals surface area contributed by atoms with Crippen molar-refractivity contribution in [1.82, 2.24) is 29.2 Å². The van der Waals surface area contributed by atoms with E-state index in [2.05, 4.69) is 21.5 Å². The van der Waals surface area contributed by atoms with Gasteiger partial charge in [0.25, 0.3) is 5.56 Å². The monoisotopic (exact) mass is 544 g/mol. The Morgan fingerprint density at radius 2 is 1.97 bits per heavy atom. The van der Waals surface area contributed by atoms with Gasteiger partial charge in [0.1, 0.15) is 17.1 Å². The molecule has 0 radical (unpaired) electrons. The molecule has 4 heterocycles. The molecule has 0 saturated carbocycles. The van der Waals surface area contributed by atoms with E-state index >= 15 is 0 Å². The second kappa shape index (κ2) is 10.6. The number of hydrogen-bond donors (Lipinski definition) is 0. The number of likely N-dealkylation sites (tertiary alicyclic amines) is 1. The quantitative estimate of drug-likeness (QED) is 0.339. The predicted octanol–water partition coefficient (Wildman–Crippen LogP) is 2.74. The average molecular weight is 545 g/mol. The third kappa shape index (κ3) is 6.04. The topological polar surface area (TPSA) is 139 Å². The summed E-state index contributed by atoms with van der Waals surface area (Å²) in [6, 6.07) is 5.11. The Kier molecular flexibility index (Phi) is 7.58. The molecule has 1 fully saturated rings. The number of rotatable bonds is 6. The molecule has 1 atom stereocenters. The highest BCUT2D eigenvalue weighted by Gasteiger charge is 2.26. The Hall–Kier alpha value is -3.74. The fraction of sp³-hybridized carbons (Fsp3) is 0.480. The zero-order chi connectivity index (χ0) is 27.7. The van der Waals surface area contributed by atoms with E-state index in [1.165, 1.54) is 15.6 Å². The van der Waals surface area contributed by atoms with Crippen LogP contribution in [0.3, 0.4) is 0 Å². The number of pyridine rings is 1. The zero-order valence-electron chi connectivity index (χ0n) is 22.0. The number of fused-ring (bicyclic) bond motifs is 1. The fourth-order valence-corrected chi connectivity index (χ4v) is 4.66. The van der Waals surface area contributed by atoms with Crippen molar-refractivity contribution in [1.29, 1.82) is 0 Å². The van der Waals surface area contributed by atoms with Gasteiger partial charge in [0.2, 0.25) is 20.9 Å². The number of allylic oxidation sites excluding steroid dienone is 1. The molecule has 4 rings (SSSR count). The molecule has 0 aliphatic carbocycles. The van der Waals surface area contributed by atoms with Crippen molar-refractivity contribution in [3.63, 3.8) is 0 Å². The molecule has 1 unspecified atom stereocenters. The summed E-state index contributed by atoms with van der Waals surface area (Å²) in [6.07, 6.45) is 5.31. The van der Waals surface area contributed by atoms with E-state index in [0.29, 0.717) is 31.2 Å². The number of aromatic nitrogens is 5. The summed E-state index contributed by atoms with van der Waals surface area (Å²) >= 11 is 0. The lowest BCUT2D eigenvalue weighted by Gasteiger charge is -2.26. The molecule has 1 saturated heterocycles. The lowest BCUT2D eigenvalue weighted by atomic mass is 10.2. The maximum atomic E-state index is 13.0. The first-order valence-electron chi connectivity index (χ1n) is 12.3. The number of amides is 1. The van der Waals surface area contributed by atoms with E-state index in [4.69, 9.17) is 9.47 Å². The normalized spacial score (nSPS) is 16.7. The van der Waals surface area contributed by atoms with Crippen molar-refractivity contribution in [2.75, 3.05) is 19.3 Å². The number of ether oxygens (including phenoxy) is 2. The SMILES string of the molecule is C=CCn1c(=O)c2cnc(S(C)(=O)=O)nc2n1-c1cccc(OC2CCCN(C(=O)OC(C)(C)C)CC2)n1. The molecule has 13 heteroatoms. The van der Waals surface area contributed by atoms with E-state index in [1.54, 1.807) is 29.2 Å². The molecule has 3 aromatic rings. The zero-order valence-corrected chi connectivity index (χ0v) is 22.8. The van der Waals surface area contributed by atoms with Gasteiger partial charge in [-0.25, -0.2) is 27.6 Å². The first-order chi connectivity index (χ1) is 17.9. The van der Waals surface area contributed by atoms with Crippen LogP contribution >= 0.6 is 0 Å². The van der Waals surface area contributed by atoms with Gasteiger partial charge >= 0.3 is 6.09 Å². The number of carbonyl (C=O) groups is 1. The van der Waals surface area contributed by atoms with Crippen LogP contribution in [0.1, 0.15) is 40.0 Å². The van der Waals surface area contributed by atoms with Crippen LogP contribution in [0.2, 0.25) is 0 Å². The van der Waals surface area contributed by atoms with Crippen molar-refractivity contribution >= 4 is 27.0 Å². The summed E-state index contributed by atoms with van der Waals surface area (Å²) in [6.45, 7) is 10.4. The van der Waals surface area contributed by atoms with Gasteiger partial charge in [-0.3, -0.25) is 4.79 Å². The highest BCUT2D eigenvalue weighted by atomic mass is 32.2. The molecule has 1 aliphatic heterocycles. The molecule has 1 amide bonds. The van der Waals surface area contributed by atoms with Crippen molar-refractivity contribution in [2.24, 2.45) is 0 Å². The molecule has 1 aliphatic rings. The summed E-state index contributed by atoms with van der Waals surface area (Å²) in [7, 11) is -3.71. The number of sulfone groups is 1. The van der Waals surface area contributed by atoms with Gasteiger partial charge in [-0.1, -0.05) is 12.1 Å². The van der Waals surface area contributed by atoms with Gasteiger partial charge in [-0.2, -0.15) is 9.97 Å². The molecular weight excluding hydrogens is 512 g/mol. The van der Waals surface area contributed by atoms with Crippen molar-refractivity contribution < 1.29 is 22.7 Å². The summed E-state index contributed by atoms with van der Waals surface area (Å²) in [5.74, 6) is 0.647. The van der Waals surface area contributed by atoms with E-state index in [-0.39, 0.29) is 29.8 Å². The van der Waals surface area contributed by atoms with E-state index in [0.717, 1.165) is 19.1 Å². The van der Waals surface area contributed by atoms with Crippen molar-refractivity contribution in [3.05, 3.63) is 47.4 Å². The smallest absolute Gasteiger partial charge is 0.410 e. The van der Waals surface area contributed by atoms with E-state index in [1.807, 2.05) is 20.8 Å². The second-order valence-corrected chi connectivity index (χ2v) is 12.0. The highest BCUT2D eigenvalue weighted by Crippen LogP contribution is 2.22. The summed E-state index contributed by atoms with van der Waals surface area (Å²) < 4.78 is 38.6. The van der Waals surface area contributed by atoms with E-state index in [9.17, 15) is 18.0 Å². The third-order valence-corrected chi connectivity index (χ3v) is 6.69. The van der Waals surface area contributed by atoms with Gasteiger partial charge < -0.3 is 14.4 Å². The first kappa shape index (κ1) is 27.3. The van der Waals surface area contributed by atoms with Gasteiger partial charge in [-0.05, 0) is 39.7 Å². The lowest BCUT2D eigenvalue weighted by Crippen LogP contribution is -2.37. The van der Waals surface area contributed by atoms with Crippen LogP contribution in [0.15, 0.2) is 47.0 Å². The fourth-order valence-electron chi connectivity index (χ4n) is 4.16. The molecule has 0 spiro atoms. The number of carbonyl (C=O) groups excluding carboxylic acids is 1. The van der Waals surface area contributed by atoms with Crippen molar-refractivity contribution in [2.45, 2.75) is 63.4 Å². The van der Waals surface area contributed by atoms with Crippen LogP contribution in [0.5, 0.6) is 5.88 Å². The van der Waals surface area contributed by atoms with Crippen LogP contribution < -0.4 is 10.3 Å². The molecular formula is C25H32N6O6S. The largest absolute Gasteiger partial charge is 0.474 e.